The van der Waals surface area contributed by atoms with Crippen molar-refractivity contribution in [2.75, 3.05) is 6.61 Å². The maximum Gasteiger partial charge on any atom is 0.354 e. The van der Waals surface area contributed by atoms with Crippen molar-refractivity contribution < 1.29 is 9.53 Å². The lowest BCUT2D eigenvalue weighted by atomic mass is 10.0. The van der Waals surface area contributed by atoms with E-state index >= 15 is 0 Å². The molecule has 114 valence electrons. The van der Waals surface area contributed by atoms with E-state index < -0.39 is 0 Å². The highest BCUT2D eigenvalue weighted by Crippen LogP contribution is 2.63. The maximum absolute atomic E-state index is 11.8. The number of aromatic amines is 1. The second-order valence-corrected chi connectivity index (χ2v) is 6.42. The van der Waals surface area contributed by atoms with Crippen LogP contribution in [0.1, 0.15) is 46.6 Å². The van der Waals surface area contributed by atoms with E-state index in [1.54, 1.807) is 0 Å². The van der Waals surface area contributed by atoms with Gasteiger partial charge in [-0.05, 0) is 61.1 Å². The van der Waals surface area contributed by atoms with Crippen LogP contribution < -0.4 is 0 Å². The van der Waals surface area contributed by atoms with Crippen molar-refractivity contribution in [2.45, 2.75) is 32.1 Å². The summed E-state index contributed by atoms with van der Waals surface area (Å²) in [6.45, 7) is 2.26. The van der Waals surface area contributed by atoms with Crippen LogP contribution in [0.3, 0.4) is 0 Å². The molecule has 2 aromatic rings. The van der Waals surface area contributed by atoms with Crippen LogP contribution >= 0.6 is 0 Å². The van der Waals surface area contributed by atoms with Crippen LogP contribution in [0.4, 0.5) is 0 Å². The van der Waals surface area contributed by atoms with E-state index in [2.05, 4.69) is 35.3 Å². The molecule has 1 aromatic heterocycles. The number of H-pyrrole nitrogens is 1. The lowest BCUT2D eigenvalue weighted by Gasteiger charge is -2.04. The van der Waals surface area contributed by atoms with Gasteiger partial charge in [0.25, 0.3) is 0 Å². The molecule has 22 heavy (non-hydrogen) atoms. The van der Waals surface area contributed by atoms with Crippen molar-refractivity contribution in [1.29, 1.82) is 0 Å². The summed E-state index contributed by atoms with van der Waals surface area (Å²) in [5.74, 6) is 2.02. The third kappa shape index (κ3) is 2.25. The molecular formula is C19H21NO2. The standard InChI is InChI=1S/C19H21NO2/c1-2-22-19(21)17-11-15-16(20-17)10-14-13(18(14)15)9-8-12-6-4-3-5-7-12/h3-7,11,13-14,18,20H,2,8-10H2,1H3/t13-,14+,18-/m0/s1. The number of ether oxygens (including phenoxy) is 1. The van der Waals surface area contributed by atoms with E-state index in [9.17, 15) is 4.79 Å². The monoisotopic (exact) mass is 295 g/mol. The van der Waals surface area contributed by atoms with Crippen LogP contribution in [-0.4, -0.2) is 17.6 Å². The number of aromatic nitrogens is 1. The highest BCUT2D eigenvalue weighted by Gasteiger charge is 2.55. The minimum absolute atomic E-state index is 0.227. The molecule has 3 nitrogen and oxygen atoms in total. The Bertz CT molecular complexity index is 689. The zero-order valence-electron chi connectivity index (χ0n) is 12.8. The third-order valence-corrected chi connectivity index (χ3v) is 5.17. The second kappa shape index (κ2) is 5.31. The number of nitrogens with one attached hydrogen (secondary N) is 1. The largest absolute Gasteiger partial charge is 0.461 e. The van der Waals surface area contributed by atoms with Gasteiger partial charge < -0.3 is 9.72 Å². The van der Waals surface area contributed by atoms with Gasteiger partial charge in [-0.2, -0.15) is 0 Å². The molecule has 1 saturated carbocycles. The average Bonchev–Trinajstić information content (AvgIpc) is 2.87. The number of carbonyl (C=O) groups excluding carboxylic acids is 1. The van der Waals surface area contributed by atoms with Crippen LogP contribution in [0.25, 0.3) is 0 Å². The van der Waals surface area contributed by atoms with E-state index in [-0.39, 0.29) is 5.97 Å². The molecule has 0 spiro atoms. The molecule has 0 unspecified atom stereocenters. The highest BCUT2D eigenvalue weighted by molar-refractivity contribution is 5.88. The second-order valence-electron chi connectivity index (χ2n) is 6.42. The first-order chi connectivity index (χ1) is 10.8. The molecule has 1 heterocycles. The predicted molar refractivity (Wildman–Crippen MR) is 84.9 cm³/mol. The number of rotatable bonds is 5. The molecule has 0 amide bonds. The molecule has 0 saturated heterocycles. The first-order valence-electron chi connectivity index (χ1n) is 8.20. The Hall–Kier alpha value is -2.03. The fourth-order valence-corrected chi connectivity index (χ4v) is 4.09. The number of benzene rings is 1. The summed E-state index contributed by atoms with van der Waals surface area (Å²) in [6.07, 6.45) is 3.50. The smallest absolute Gasteiger partial charge is 0.354 e. The van der Waals surface area contributed by atoms with Gasteiger partial charge in [0, 0.05) is 5.69 Å². The summed E-state index contributed by atoms with van der Waals surface area (Å²) in [5.41, 5.74) is 4.67. The lowest BCUT2D eigenvalue weighted by molar-refractivity contribution is 0.0520. The van der Waals surface area contributed by atoms with E-state index in [4.69, 9.17) is 4.74 Å². The summed E-state index contributed by atoms with van der Waals surface area (Å²) < 4.78 is 5.08. The minimum Gasteiger partial charge on any atom is -0.461 e. The zero-order valence-corrected chi connectivity index (χ0v) is 12.8. The molecule has 2 aliphatic rings. The van der Waals surface area contributed by atoms with E-state index in [0.29, 0.717) is 18.2 Å². The van der Waals surface area contributed by atoms with Gasteiger partial charge in [0.05, 0.1) is 6.61 Å². The molecule has 2 aliphatic carbocycles. The molecule has 1 fully saturated rings. The molecule has 3 heteroatoms. The Morgan fingerprint density at radius 1 is 1.32 bits per heavy atom. The van der Waals surface area contributed by atoms with Gasteiger partial charge >= 0.3 is 5.97 Å². The molecule has 0 aliphatic heterocycles. The molecular weight excluding hydrogens is 274 g/mol. The third-order valence-electron chi connectivity index (χ3n) is 5.17. The fourth-order valence-electron chi connectivity index (χ4n) is 4.09. The van der Waals surface area contributed by atoms with Gasteiger partial charge in [0.15, 0.2) is 0 Å². The fraction of sp³-hybridized carbons (Fsp3) is 0.421. The van der Waals surface area contributed by atoms with E-state index in [1.165, 1.54) is 23.2 Å². The molecule has 4 rings (SSSR count). The molecule has 1 N–H and O–H groups in total. The number of hydrogen-bond acceptors (Lipinski definition) is 2. The van der Waals surface area contributed by atoms with Crippen LogP contribution in [0.5, 0.6) is 0 Å². The van der Waals surface area contributed by atoms with E-state index in [0.717, 1.165) is 24.7 Å². The topological polar surface area (TPSA) is 42.1 Å². The normalized spacial score (nSPS) is 24.7. The van der Waals surface area contributed by atoms with Gasteiger partial charge in [-0.15, -0.1) is 0 Å². The first-order valence-corrected chi connectivity index (χ1v) is 8.20. The minimum atomic E-state index is -0.227. The Balaban J connectivity index is 1.41. The van der Waals surface area contributed by atoms with Gasteiger partial charge in [-0.3, -0.25) is 0 Å². The maximum atomic E-state index is 11.8. The SMILES string of the molecule is CCOC(=O)c1cc2c([nH]1)C[C@@H]1[C@H](CCc3ccccc3)[C@H]21. The zero-order chi connectivity index (χ0) is 15.1. The van der Waals surface area contributed by atoms with Gasteiger partial charge in [-0.25, -0.2) is 4.79 Å². The van der Waals surface area contributed by atoms with Crippen molar-refractivity contribution in [2.24, 2.45) is 11.8 Å². The van der Waals surface area contributed by atoms with Crippen LogP contribution in [0, 0.1) is 11.8 Å². The van der Waals surface area contributed by atoms with Crippen molar-refractivity contribution >= 4 is 5.97 Å². The van der Waals surface area contributed by atoms with Crippen molar-refractivity contribution in [3.63, 3.8) is 0 Å². The number of esters is 1. The molecule has 1 aromatic carbocycles. The summed E-state index contributed by atoms with van der Waals surface area (Å²) in [5, 5.41) is 0. The van der Waals surface area contributed by atoms with E-state index in [1.807, 2.05) is 13.0 Å². The lowest BCUT2D eigenvalue weighted by Crippen LogP contribution is -2.05. The van der Waals surface area contributed by atoms with Crippen molar-refractivity contribution in [3.05, 3.63) is 58.9 Å². The van der Waals surface area contributed by atoms with Gasteiger partial charge in [-0.1, -0.05) is 30.3 Å². The van der Waals surface area contributed by atoms with Crippen LogP contribution in [0.15, 0.2) is 36.4 Å². The Morgan fingerprint density at radius 3 is 2.91 bits per heavy atom. The Labute approximate surface area is 130 Å². The number of carbonyl (C=O) groups is 1. The van der Waals surface area contributed by atoms with Gasteiger partial charge in [0.2, 0.25) is 0 Å². The van der Waals surface area contributed by atoms with Crippen LogP contribution in [0.2, 0.25) is 0 Å². The summed E-state index contributed by atoms with van der Waals surface area (Å²) >= 11 is 0. The number of aryl methyl sites for hydroxylation is 1. The summed E-state index contributed by atoms with van der Waals surface area (Å²) in [4.78, 5) is 15.1. The molecule has 0 radical (unpaired) electrons. The molecule has 3 atom stereocenters. The van der Waals surface area contributed by atoms with Crippen molar-refractivity contribution in [3.8, 4) is 0 Å². The Morgan fingerprint density at radius 2 is 2.14 bits per heavy atom. The number of fused-ring (bicyclic) bond motifs is 3. The van der Waals surface area contributed by atoms with Gasteiger partial charge in [0.1, 0.15) is 5.69 Å². The summed E-state index contributed by atoms with van der Waals surface area (Å²) in [6, 6.07) is 12.7. The quantitative estimate of drug-likeness (QED) is 0.854. The first kappa shape index (κ1) is 13.6. The number of hydrogen-bond donors (Lipinski definition) is 1. The highest BCUT2D eigenvalue weighted by atomic mass is 16.5. The average molecular weight is 295 g/mol. The Kier molecular flexibility index (Phi) is 3.29. The summed E-state index contributed by atoms with van der Waals surface area (Å²) in [7, 11) is 0. The predicted octanol–water partition coefficient (Wildman–Crippen LogP) is 3.71. The van der Waals surface area contributed by atoms with Crippen molar-refractivity contribution in [1.82, 2.24) is 4.98 Å². The van der Waals surface area contributed by atoms with Crippen LogP contribution in [-0.2, 0) is 17.6 Å². The molecule has 0 bridgehead atoms.